The van der Waals surface area contributed by atoms with Gasteiger partial charge in [-0.25, -0.2) is 4.79 Å². The van der Waals surface area contributed by atoms with Crippen LogP contribution < -0.4 is 10.6 Å². The molecule has 2 aliphatic heterocycles. The molecule has 1 saturated carbocycles. The van der Waals surface area contributed by atoms with Crippen LogP contribution in [0, 0.1) is 17.8 Å². The van der Waals surface area contributed by atoms with Crippen molar-refractivity contribution >= 4 is 6.09 Å². The average molecular weight is 607 g/mol. The van der Waals surface area contributed by atoms with E-state index >= 15 is 0 Å². The van der Waals surface area contributed by atoms with Crippen molar-refractivity contribution in [2.45, 2.75) is 140 Å². The lowest BCUT2D eigenvalue weighted by molar-refractivity contribution is -0.305. The van der Waals surface area contributed by atoms with Gasteiger partial charge in [0.05, 0.1) is 43.2 Å². The highest BCUT2D eigenvalue weighted by atomic mass is 16.7. The molecule has 0 radical (unpaired) electrons. The van der Waals surface area contributed by atoms with Crippen molar-refractivity contribution in [2.24, 2.45) is 17.8 Å². The molecule has 2 heterocycles. The SMILES string of the molecule is CCC1OC(C2C(C)CC(NCC(O)CNC(=O)OC(C)(C)C)C(OC3OC(CO)C(O)CC3O)C2O)C(C)CC1O. The van der Waals surface area contributed by atoms with Crippen molar-refractivity contribution in [3.63, 3.8) is 0 Å². The quantitative estimate of drug-likeness (QED) is 0.161. The molecule has 42 heavy (non-hydrogen) atoms. The van der Waals surface area contributed by atoms with Crippen molar-refractivity contribution in [3.8, 4) is 0 Å². The van der Waals surface area contributed by atoms with Gasteiger partial charge >= 0.3 is 6.09 Å². The molecule has 3 fully saturated rings. The molecule has 0 bridgehead atoms. The lowest BCUT2D eigenvalue weighted by Gasteiger charge is -2.51. The van der Waals surface area contributed by atoms with E-state index in [9.17, 15) is 35.4 Å². The molecular weight excluding hydrogens is 552 g/mol. The third-order valence-corrected chi connectivity index (χ3v) is 8.63. The third-order valence-electron chi connectivity index (χ3n) is 8.63. The summed E-state index contributed by atoms with van der Waals surface area (Å²) in [5.41, 5.74) is -0.672. The van der Waals surface area contributed by atoms with Crippen LogP contribution in [0.5, 0.6) is 0 Å². The van der Waals surface area contributed by atoms with Gasteiger partial charge in [-0.05, 0) is 51.9 Å². The van der Waals surface area contributed by atoms with Gasteiger partial charge in [-0.3, -0.25) is 0 Å². The molecule has 0 aromatic carbocycles. The summed E-state index contributed by atoms with van der Waals surface area (Å²) in [6.45, 7) is 10.7. The number of aliphatic hydroxyl groups excluding tert-OH is 6. The van der Waals surface area contributed by atoms with E-state index in [2.05, 4.69) is 10.6 Å². The predicted octanol–water partition coefficient (Wildman–Crippen LogP) is -0.374. The summed E-state index contributed by atoms with van der Waals surface area (Å²) in [7, 11) is 0. The fourth-order valence-electron chi connectivity index (χ4n) is 6.49. The van der Waals surface area contributed by atoms with E-state index in [0.717, 1.165) is 0 Å². The summed E-state index contributed by atoms with van der Waals surface area (Å²) in [6.07, 6.45) is -7.64. The lowest BCUT2D eigenvalue weighted by atomic mass is 9.68. The highest BCUT2D eigenvalue weighted by Crippen LogP contribution is 2.42. The Hall–Kier alpha value is -1.13. The normalized spacial score (nSPS) is 42.1. The molecule has 14 unspecified atom stereocenters. The van der Waals surface area contributed by atoms with Gasteiger partial charge in [-0.1, -0.05) is 20.8 Å². The molecule has 8 N–H and O–H groups in total. The number of ether oxygens (including phenoxy) is 4. The van der Waals surface area contributed by atoms with Crippen LogP contribution in [0.3, 0.4) is 0 Å². The van der Waals surface area contributed by atoms with Gasteiger partial charge in [0.25, 0.3) is 0 Å². The molecule has 13 heteroatoms. The molecule has 2 saturated heterocycles. The third kappa shape index (κ3) is 9.19. The van der Waals surface area contributed by atoms with E-state index < -0.39 is 73.4 Å². The molecule has 3 rings (SSSR count). The maximum absolute atomic E-state index is 12.0. The number of rotatable bonds is 10. The number of amides is 1. The Balaban J connectivity index is 1.75. The molecule has 3 aliphatic rings. The summed E-state index contributed by atoms with van der Waals surface area (Å²) < 4.78 is 23.5. The van der Waals surface area contributed by atoms with E-state index in [1.165, 1.54) is 0 Å². The molecule has 1 amide bonds. The minimum Gasteiger partial charge on any atom is -0.444 e. The van der Waals surface area contributed by atoms with Crippen molar-refractivity contribution < 1.29 is 54.4 Å². The Morgan fingerprint density at radius 1 is 0.952 bits per heavy atom. The summed E-state index contributed by atoms with van der Waals surface area (Å²) in [6, 6.07) is -0.482. The van der Waals surface area contributed by atoms with E-state index in [0.29, 0.717) is 19.3 Å². The van der Waals surface area contributed by atoms with Crippen molar-refractivity contribution in [2.75, 3.05) is 19.7 Å². The Kier molecular flexibility index (Phi) is 12.8. The first kappa shape index (κ1) is 35.4. The highest BCUT2D eigenvalue weighted by molar-refractivity contribution is 5.67. The number of carbonyl (C=O) groups excluding carboxylic acids is 1. The molecule has 0 aromatic rings. The van der Waals surface area contributed by atoms with Crippen LogP contribution in [0.25, 0.3) is 0 Å². The Labute approximate surface area is 248 Å². The minimum atomic E-state index is -1.21. The monoisotopic (exact) mass is 606 g/mol. The summed E-state index contributed by atoms with van der Waals surface area (Å²) in [5, 5.41) is 69.1. The van der Waals surface area contributed by atoms with Crippen LogP contribution in [0.2, 0.25) is 0 Å². The maximum Gasteiger partial charge on any atom is 0.407 e. The van der Waals surface area contributed by atoms with Crippen LogP contribution in [0.1, 0.15) is 67.2 Å². The average Bonchev–Trinajstić information content (AvgIpc) is 2.89. The van der Waals surface area contributed by atoms with Gasteiger partial charge in [0, 0.05) is 31.5 Å². The molecule has 0 spiro atoms. The number of carbonyl (C=O) groups is 1. The number of aliphatic hydroxyl groups is 6. The van der Waals surface area contributed by atoms with E-state index in [1.54, 1.807) is 20.8 Å². The first-order valence-corrected chi connectivity index (χ1v) is 15.3. The topological polar surface area (TPSA) is 199 Å². The molecular formula is C29H54N2O11. The zero-order chi connectivity index (χ0) is 31.4. The Morgan fingerprint density at radius 3 is 2.24 bits per heavy atom. The van der Waals surface area contributed by atoms with Crippen LogP contribution in [-0.2, 0) is 18.9 Å². The van der Waals surface area contributed by atoms with Gasteiger partial charge in [0.15, 0.2) is 6.29 Å². The van der Waals surface area contributed by atoms with Crippen LogP contribution in [-0.4, -0.2) is 129 Å². The van der Waals surface area contributed by atoms with E-state index in [1.807, 2.05) is 20.8 Å². The first-order chi connectivity index (χ1) is 19.6. The van der Waals surface area contributed by atoms with Gasteiger partial charge in [0.1, 0.15) is 23.9 Å². The second-order valence-electron chi connectivity index (χ2n) is 13.4. The standard InChI is InChI=1S/C29H54N2O11/c1-7-21-18(34)9-15(3)25(39-21)23-14(2)8-17(30-11-16(33)12-31-28(38)42-29(4,5)6)26(24(23)37)41-27-20(36)10-19(35)22(13-32)40-27/h14-27,30,32-37H,7-13H2,1-6H3,(H,31,38). The Bertz CT molecular complexity index is 845. The zero-order valence-corrected chi connectivity index (χ0v) is 25.8. The minimum absolute atomic E-state index is 0.0266. The lowest BCUT2D eigenvalue weighted by Crippen LogP contribution is -2.64. The number of nitrogens with one attached hydrogen (secondary N) is 2. The molecule has 13 nitrogen and oxygen atoms in total. The predicted molar refractivity (Wildman–Crippen MR) is 151 cm³/mol. The van der Waals surface area contributed by atoms with Crippen LogP contribution in [0.15, 0.2) is 0 Å². The zero-order valence-electron chi connectivity index (χ0n) is 25.8. The molecule has 1 aliphatic carbocycles. The van der Waals surface area contributed by atoms with Gasteiger partial charge in [-0.2, -0.15) is 0 Å². The van der Waals surface area contributed by atoms with Gasteiger partial charge < -0.3 is 60.2 Å². The van der Waals surface area contributed by atoms with Crippen molar-refractivity contribution in [3.05, 3.63) is 0 Å². The van der Waals surface area contributed by atoms with Crippen LogP contribution >= 0.6 is 0 Å². The number of hydrogen-bond acceptors (Lipinski definition) is 12. The largest absolute Gasteiger partial charge is 0.444 e. The van der Waals surface area contributed by atoms with Crippen LogP contribution in [0.4, 0.5) is 4.79 Å². The molecule has 246 valence electrons. The second-order valence-corrected chi connectivity index (χ2v) is 13.4. The highest BCUT2D eigenvalue weighted by Gasteiger charge is 2.52. The fourth-order valence-corrected chi connectivity index (χ4v) is 6.49. The summed E-state index contributed by atoms with van der Waals surface area (Å²) >= 11 is 0. The molecule has 0 aromatic heterocycles. The second kappa shape index (κ2) is 15.2. The number of alkyl carbamates (subject to hydrolysis) is 1. The molecule has 14 atom stereocenters. The van der Waals surface area contributed by atoms with Gasteiger partial charge in [0.2, 0.25) is 0 Å². The maximum atomic E-state index is 12.0. The van der Waals surface area contributed by atoms with Crippen molar-refractivity contribution in [1.82, 2.24) is 10.6 Å². The smallest absolute Gasteiger partial charge is 0.407 e. The summed E-state index contributed by atoms with van der Waals surface area (Å²) in [4.78, 5) is 12.0. The van der Waals surface area contributed by atoms with E-state index in [4.69, 9.17) is 18.9 Å². The fraction of sp³-hybridized carbons (Fsp3) is 0.966. The summed E-state index contributed by atoms with van der Waals surface area (Å²) in [5.74, 6) is -0.427. The Morgan fingerprint density at radius 2 is 1.62 bits per heavy atom. The van der Waals surface area contributed by atoms with Crippen molar-refractivity contribution in [1.29, 1.82) is 0 Å². The number of hydrogen-bond donors (Lipinski definition) is 8. The first-order valence-electron chi connectivity index (χ1n) is 15.3. The van der Waals surface area contributed by atoms with Gasteiger partial charge in [-0.15, -0.1) is 0 Å². The van der Waals surface area contributed by atoms with E-state index in [-0.39, 0.29) is 49.5 Å².